The molecule has 0 bridgehead atoms. The Morgan fingerprint density at radius 2 is 2.25 bits per heavy atom. The van der Waals surface area contributed by atoms with Crippen LogP contribution in [0.3, 0.4) is 0 Å². The summed E-state index contributed by atoms with van der Waals surface area (Å²) in [6.07, 6.45) is 0.411. The maximum Gasteiger partial charge on any atom is 0.232 e. The van der Waals surface area contributed by atoms with Crippen molar-refractivity contribution in [2.24, 2.45) is 0 Å². The Balaban J connectivity index is 1.76. The Kier molecular flexibility index (Phi) is 5.47. The van der Waals surface area contributed by atoms with Crippen LogP contribution in [0.15, 0.2) is 24.3 Å². The second-order valence-corrected chi connectivity index (χ2v) is 5.95. The normalized spacial score (nSPS) is 15.7. The number of thioether (sulfide) groups is 1. The molecule has 0 spiro atoms. The molecule has 20 heavy (non-hydrogen) atoms. The van der Waals surface area contributed by atoms with Crippen molar-refractivity contribution in [1.82, 2.24) is 10.2 Å². The Morgan fingerprint density at radius 1 is 1.40 bits per heavy atom. The van der Waals surface area contributed by atoms with Crippen LogP contribution in [0.25, 0.3) is 0 Å². The van der Waals surface area contributed by atoms with Crippen LogP contribution in [-0.2, 0) is 15.3 Å². The quantitative estimate of drug-likeness (QED) is 0.916. The highest BCUT2D eigenvalue weighted by molar-refractivity contribution is 7.99. The van der Waals surface area contributed by atoms with Crippen LogP contribution in [0, 0.1) is 6.92 Å². The first-order valence-electron chi connectivity index (χ1n) is 6.83. The van der Waals surface area contributed by atoms with Crippen molar-refractivity contribution in [2.45, 2.75) is 19.1 Å². The molecule has 0 aromatic heterocycles. The summed E-state index contributed by atoms with van der Waals surface area (Å²) in [5.41, 5.74) is 2.49. The van der Waals surface area contributed by atoms with Crippen molar-refractivity contribution in [3.63, 3.8) is 0 Å². The van der Waals surface area contributed by atoms with Gasteiger partial charge in [0.25, 0.3) is 0 Å². The van der Waals surface area contributed by atoms with Crippen LogP contribution in [0.1, 0.15) is 17.5 Å². The van der Waals surface area contributed by atoms with Gasteiger partial charge in [-0.05, 0) is 12.5 Å². The highest BCUT2D eigenvalue weighted by Gasteiger charge is 2.17. The molecule has 2 rings (SSSR count). The van der Waals surface area contributed by atoms with E-state index in [1.54, 1.807) is 16.7 Å². The van der Waals surface area contributed by atoms with Gasteiger partial charge in [-0.1, -0.05) is 29.8 Å². The van der Waals surface area contributed by atoms with E-state index in [1.165, 1.54) is 11.1 Å². The molecule has 2 amide bonds. The molecule has 0 radical (unpaired) electrons. The van der Waals surface area contributed by atoms with Gasteiger partial charge in [0, 0.05) is 31.8 Å². The van der Waals surface area contributed by atoms with Gasteiger partial charge in [0.1, 0.15) is 0 Å². The molecule has 1 fully saturated rings. The summed E-state index contributed by atoms with van der Waals surface area (Å²) >= 11 is 1.63. The van der Waals surface area contributed by atoms with Crippen molar-refractivity contribution in [2.75, 3.05) is 25.4 Å². The van der Waals surface area contributed by atoms with Gasteiger partial charge in [0.15, 0.2) is 0 Å². The number of rotatable bonds is 4. The molecule has 1 aliphatic rings. The van der Waals surface area contributed by atoms with Gasteiger partial charge in [-0.3, -0.25) is 9.59 Å². The Morgan fingerprint density at radius 3 is 3.05 bits per heavy atom. The molecule has 1 aromatic carbocycles. The summed E-state index contributed by atoms with van der Waals surface area (Å²) in [6.45, 7) is 3.79. The number of carbonyl (C=O) groups excluding carboxylic acids is 2. The Hall–Kier alpha value is -1.49. The van der Waals surface area contributed by atoms with E-state index >= 15 is 0 Å². The maximum absolute atomic E-state index is 12.1. The number of benzene rings is 1. The first-order valence-corrected chi connectivity index (χ1v) is 7.98. The lowest BCUT2D eigenvalue weighted by Gasteiger charge is -2.19. The van der Waals surface area contributed by atoms with Crippen molar-refractivity contribution in [1.29, 1.82) is 0 Å². The topological polar surface area (TPSA) is 49.4 Å². The highest BCUT2D eigenvalue weighted by Crippen LogP contribution is 2.14. The molecule has 0 atom stereocenters. The largest absolute Gasteiger partial charge is 0.354 e. The second kappa shape index (κ2) is 7.33. The van der Waals surface area contributed by atoms with E-state index in [2.05, 4.69) is 30.4 Å². The smallest absolute Gasteiger partial charge is 0.232 e. The molecule has 0 saturated carbocycles. The van der Waals surface area contributed by atoms with Gasteiger partial charge < -0.3 is 10.2 Å². The summed E-state index contributed by atoms with van der Waals surface area (Å²) in [6, 6.07) is 8.34. The Bertz CT molecular complexity index is 491. The monoisotopic (exact) mass is 292 g/mol. The average Bonchev–Trinajstić information content (AvgIpc) is 2.63. The molecule has 1 aliphatic heterocycles. The molecule has 1 N–H and O–H groups in total. The van der Waals surface area contributed by atoms with E-state index in [-0.39, 0.29) is 11.8 Å². The predicted molar refractivity (Wildman–Crippen MR) is 81.5 cm³/mol. The number of hydrogen-bond donors (Lipinski definition) is 1. The highest BCUT2D eigenvalue weighted by atomic mass is 32.2. The van der Waals surface area contributed by atoms with E-state index in [4.69, 9.17) is 0 Å². The van der Waals surface area contributed by atoms with Crippen LogP contribution in [0.4, 0.5) is 0 Å². The Labute approximate surface area is 123 Å². The zero-order valence-electron chi connectivity index (χ0n) is 11.7. The summed E-state index contributed by atoms with van der Waals surface area (Å²) in [5, 5.41) is 2.78. The second-order valence-electron chi connectivity index (χ2n) is 4.96. The number of carbonyl (C=O) groups is 2. The maximum atomic E-state index is 12.1. The molecular weight excluding hydrogens is 272 g/mol. The molecule has 4 nitrogen and oxygen atoms in total. The van der Waals surface area contributed by atoms with Gasteiger partial charge in [-0.25, -0.2) is 0 Å². The van der Waals surface area contributed by atoms with Crippen molar-refractivity contribution in [3.8, 4) is 0 Å². The summed E-state index contributed by atoms with van der Waals surface area (Å²) < 4.78 is 0. The van der Waals surface area contributed by atoms with E-state index in [0.717, 1.165) is 5.75 Å². The molecule has 5 heteroatoms. The molecule has 1 heterocycles. The van der Waals surface area contributed by atoms with Gasteiger partial charge in [0.2, 0.25) is 11.8 Å². The lowest BCUT2D eigenvalue weighted by molar-refractivity contribution is -0.128. The van der Waals surface area contributed by atoms with Crippen LogP contribution in [-0.4, -0.2) is 42.1 Å². The third kappa shape index (κ3) is 4.56. The molecule has 108 valence electrons. The summed E-state index contributed by atoms with van der Waals surface area (Å²) in [7, 11) is 0. The predicted octanol–water partition coefficient (Wildman–Crippen LogP) is 1.58. The summed E-state index contributed by atoms with van der Waals surface area (Å²) in [5.74, 6) is 1.48. The third-order valence-corrected chi connectivity index (χ3v) is 4.23. The zero-order chi connectivity index (χ0) is 14.4. The fraction of sp³-hybridized carbons (Fsp3) is 0.467. The number of aryl methyl sites for hydroxylation is 1. The minimum atomic E-state index is 0.0349. The SMILES string of the molecule is Cc1cccc(CSCC(=O)N2CCNC(=O)CC2)c1. The van der Waals surface area contributed by atoms with Crippen molar-refractivity contribution < 1.29 is 9.59 Å². The van der Waals surface area contributed by atoms with Gasteiger partial charge in [-0.15, -0.1) is 11.8 Å². The molecular formula is C15H20N2O2S. The number of amides is 2. The fourth-order valence-electron chi connectivity index (χ4n) is 2.17. The van der Waals surface area contributed by atoms with E-state index < -0.39 is 0 Å². The number of nitrogens with one attached hydrogen (secondary N) is 1. The minimum absolute atomic E-state index is 0.0349. The van der Waals surface area contributed by atoms with Crippen molar-refractivity contribution in [3.05, 3.63) is 35.4 Å². The van der Waals surface area contributed by atoms with Crippen molar-refractivity contribution >= 4 is 23.6 Å². The first-order chi connectivity index (χ1) is 9.65. The van der Waals surface area contributed by atoms with Gasteiger partial charge in [0.05, 0.1) is 5.75 Å². The molecule has 1 saturated heterocycles. The lowest BCUT2D eigenvalue weighted by atomic mass is 10.2. The minimum Gasteiger partial charge on any atom is -0.354 e. The van der Waals surface area contributed by atoms with Crippen LogP contribution in [0.2, 0.25) is 0 Å². The molecule has 0 unspecified atom stereocenters. The van der Waals surface area contributed by atoms with E-state index in [9.17, 15) is 9.59 Å². The zero-order valence-corrected chi connectivity index (χ0v) is 12.5. The van der Waals surface area contributed by atoms with E-state index in [1.807, 2.05) is 6.07 Å². The standard InChI is InChI=1S/C15H20N2O2S/c1-12-3-2-4-13(9-12)10-20-11-15(19)17-7-5-14(18)16-6-8-17/h2-4,9H,5-8,10-11H2,1H3,(H,16,18). The van der Waals surface area contributed by atoms with E-state index in [0.29, 0.717) is 31.8 Å². The fourth-order valence-corrected chi connectivity index (χ4v) is 3.04. The first kappa shape index (κ1) is 14.9. The molecule has 0 aliphatic carbocycles. The molecule has 1 aromatic rings. The lowest BCUT2D eigenvalue weighted by Crippen LogP contribution is -2.35. The average molecular weight is 292 g/mol. The number of hydrogen-bond acceptors (Lipinski definition) is 3. The third-order valence-electron chi connectivity index (χ3n) is 3.24. The van der Waals surface area contributed by atoms with Crippen LogP contribution in [0.5, 0.6) is 0 Å². The van der Waals surface area contributed by atoms with Gasteiger partial charge in [-0.2, -0.15) is 0 Å². The summed E-state index contributed by atoms with van der Waals surface area (Å²) in [4.78, 5) is 25.1. The van der Waals surface area contributed by atoms with Crippen LogP contribution < -0.4 is 5.32 Å². The number of nitrogens with zero attached hydrogens (tertiary/aromatic N) is 1. The van der Waals surface area contributed by atoms with Gasteiger partial charge >= 0.3 is 0 Å². The van der Waals surface area contributed by atoms with Crippen LogP contribution >= 0.6 is 11.8 Å².